The van der Waals surface area contributed by atoms with E-state index in [1.165, 1.54) is 38.3 Å². The van der Waals surface area contributed by atoms with E-state index in [-0.39, 0.29) is 11.5 Å². The first kappa shape index (κ1) is 35.8. The number of nitrogens with zero attached hydrogens (tertiary/aromatic N) is 5. The molecule has 2 aromatic heterocycles. The summed E-state index contributed by atoms with van der Waals surface area (Å²) in [6, 6.07) is 62.4. The number of hydrogen-bond acceptors (Lipinski definition) is 5. The molecule has 1 aliphatic heterocycles. The number of allylic oxidation sites excluding steroid dienone is 2. The molecule has 2 aliphatic carbocycles. The van der Waals surface area contributed by atoms with Crippen LogP contribution in [0.25, 0.3) is 78.4 Å². The van der Waals surface area contributed by atoms with Crippen LogP contribution in [0.1, 0.15) is 37.0 Å². The van der Waals surface area contributed by atoms with Crippen molar-refractivity contribution in [1.29, 1.82) is 0 Å². The van der Waals surface area contributed by atoms with Gasteiger partial charge in [-0.3, -0.25) is 9.56 Å². The lowest BCUT2D eigenvalue weighted by Gasteiger charge is -2.27. The fraction of sp³-hybridized carbons (Fsp3) is 0.0909. The molecule has 290 valence electrons. The predicted molar refractivity (Wildman–Crippen MR) is 253 cm³/mol. The lowest BCUT2D eigenvalue weighted by molar-refractivity contribution is 0.645. The zero-order valence-electron chi connectivity index (χ0n) is 33.7. The first-order valence-corrected chi connectivity index (χ1v) is 21.7. The zero-order valence-corrected chi connectivity index (χ0v) is 34.6. The summed E-state index contributed by atoms with van der Waals surface area (Å²) in [5.74, 6) is 1.83. The maximum atomic E-state index is 5.23. The van der Waals surface area contributed by atoms with Crippen molar-refractivity contribution in [2.45, 2.75) is 31.7 Å². The van der Waals surface area contributed by atoms with E-state index < -0.39 is 0 Å². The summed E-state index contributed by atoms with van der Waals surface area (Å²) < 4.78 is 2.17. The second-order valence-electron chi connectivity index (χ2n) is 16.6. The minimum absolute atomic E-state index is 0.151. The second kappa shape index (κ2) is 14.0. The first-order valence-electron chi connectivity index (χ1n) is 20.9. The van der Waals surface area contributed by atoms with Gasteiger partial charge < -0.3 is 0 Å². The SMILES string of the molecule is CC1(C)C2=C3SC(c4ccccc4)=NC3CC=C2c2ccc(-c3ccc(-c4nc(-c5cccc(-c6ccccc6)c5)nc(-n5c6ccccc6c6ccccc65)n4)cc3)cc21. The van der Waals surface area contributed by atoms with Gasteiger partial charge in [-0.2, -0.15) is 9.97 Å². The van der Waals surface area contributed by atoms with E-state index in [0.717, 1.165) is 61.1 Å². The number of thioether (sulfide) groups is 1. The standard InChI is InChI=1S/C55H39N5S/c1-55(2)45-33-39(28-29-41(45)44-30-31-46-50(49(44)55)61-53(56-46)37-16-7-4-8-17-37)35-24-26-36(27-25-35)51-57-52(40-19-13-18-38(32-40)34-14-5-3-6-15-34)59-54(58-51)60-47-22-11-9-20-42(47)43-21-10-12-23-48(43)60/h3-30,32-33,46H,31H2,1-2H3. The molecule has 3 aliphatic rings. The minimum Gasteiger partial charge on any atom is -0.278 e. The average molecular weight is 802 g/mol. The molecule has 0 saturated carbocycles. The Morgan fingerprint density at radius 3 is 1.80 bits per heavy atom. The summed E-state index contributed by atoms with van der Waals surface area (Å²) in [6.45, 7) is 4.77. The van der Waals surface area contributed by atoms with E-state index >= 15 is 0 Å². The van der Waals surface area contributed by atoms with E-state index in [1.807, 2.05) is 17.8 Å². The Morgan fingerprint density at radius 1 is 0.525 bits per heavy atom. The average Bonchev–Trinajstić information content (AvgIpc) is 3.98. The maximum absolute atomic E-state index is 5.23. The Kier molecular flexibility index (Phi) is 8.19. The van der Waals surface area contributed by atoms with Gasteiger partial charge in [0.05, 0.1) is 17.1 Å². The van der Waals surface area contributed by atoms with Gasteiger partial charge in [0.25, 0.3) is 0 Å². The molecule has 7 aromatic carbocycles. The van der Waals surface area contributed by atoms with Crippen molar-refractivity contribution in [1.82, 2.24) is 19.5 Å². The highest BCUT2D eigenvalue weighted by molar-refractivity contribution is 8.18. The van der Waals surface area contributed by atoms with E-state index in [0.29, 0.717) is 17.6 Å². The van der Waals surface area contributed by atoms with E-state index in [1.54, 1.807) is 0 Å². The Bertz CT molecular complexity index is 3270. The molecule has 61 heavy (non-hydrogen) atoms. The highest BCUT2D eigenvalue weighted by atomic mass is 32.2. The van der Waals surface area contributed by atoms with Crippen LogP contribution in [0.15, 0.2) is 197 Å². The summed E-state index contributed by atoms with van der Waals surface area (Å²) in [7, 11) is 0. The molecule has 0 amide bonds. The molecule has 12 rings (SSSR count). The summed E-state index contributed by atoms with van der Waals surface area (Å²) >= 11 is 1.87. The lowest BCUT2D eigenvalue weighted by atomic mass is 9.79. The molecule has 3 heterocycles. The number of fused-ring (bicyclic) bond motifs is 7. The normalized spacial score (nSPS) is 16.3. The van der Waals surface area contributed by atoms with Crippen molar-refractivity contribution in [2.24, 2.45) is 4.99 Å². The Morgan fingerprint density at radius 2 is 1.08 bits per heavy atom. The van der Waals surface area contributed by atoms with Crippen LogP contribution in [0.5, 0.6) is 0 Å². The lowest BCUT2D eigenvalue weighted by Crippen LogP contribution is -2.20. The molecule has 0 radical (unpaired) electrons. The Labute approximate surface area is 358 Å². The number of hydrogen-bond donors (Lipinski definition) is 0. The van der Waals surface area contributed by atoms with Crippen molar-refractivity contribution in [3.8, 4) is 51.0 Å². The molecule has 5 nitrogen and oxygen atoms in total. The van der Waals surface area contributed by atoms with Gasteiger partial charge in [-0.25, -0.2) is 4.98 Å². The third-order valence-corrected chi connectivity index (χ3v) is 13.8. The van der Waals surface area contributed by atoms with Crippen molar-refractivity contribution in [3.05, 3.63) is 209 Å². The van der Waals surface area contributed by atoms with E-state index in [4.69, 9.17) is 19.9 Å². The number of para-hydroxylation sites is 2. The van der Waals surface area contributed by atoms with Gasteiger partial charge in [-0.15, -0.1) is 0 Å². The van der Waals surface area contributed by atoms with Gasteiger partial charge in [-0.1, -0.05) is 183 Å². The van der Waals surface area contributed by atoms with Crippen LogP contribution >= 0.6 is 11.8 Å². The van der Waals surface area contributed by atoms with Gasteiger partial charge in [0.2, 0.25) is 5.95 Å². The van der Waals surface area contributed by atoms with Gasteiger partial charge in [-0.05, 0) is 75.2 Å². The minimum atomic E-state index is -0.151. The van der Waals surface area contributed by atoms with Gasteiger partial charge >= 0.3 is 0 Å². The number of aromatic nitrogens is 4. The molecule has 0 bridgehead atoms. The summed E-state index contributed by atoms with van der Waals surface area (Å²) in [5.41, 5.74) is 15.1. The molecule has 0 saturated heterocycles. The highest BCUT2D eigenvalue weighted by Gasteiger charge is 2.45. The van der Waals surface area contributed by atoms with Crippen molar-refractivity contribution >= 4 is 44.2 Å². The van der Waals surface area contributed by atoms with E-state index in [2.05, 4.69) is 194 Å². The van der Waals surface area contributed by atoms with Crippen LogP contribution < -0.4 is 0 Å². The molecule has 0 fully saturated rings. The number of benzene rings is 7. The Hall–Kier alpha value is -7.15. The molecule has 1 atom stereocenters. The molecular weight excluding hydrogens is 763 g/mol. The first-order chi connectivity index (χ1) is 30.0. The second-order valence-corrected chi connectivity index (χ2v) is 17.6. The topological polar surface area (TPSA) is 56.0 Å². The van der Waals surface area contributed by atoms with Crippen LogP contribution in [0, 0.1) is 0 Å². The summed E-state index contributed by atoms with van der Waals surface area (Å²) in [5, 5.41) is 3.45. The van der Waals surface area contributed by atoms with Crippen LogP contribution in [0.3, 0.4) is 0 Å². The van der Waals surface area contributed by atoms with Crippen LogP contribution in [-0.4, -0.2) is 30.6 Å². The monoisotopic (exact) mass is 801 g/mol. The van der Waals surface area contributed by atoms with Gasteiger partial charge in [0, 0.05) is 37.8 Å². The third-order valence-electron chi connectivity index (χ3n) is 12.6. The molecule has 9 aromatic rings. The van der Waals surface area contributed by atoms with Crippen molar-refractivity contribution in [3.63, 3.8) is 0 Å². The van der Waals surface area contributed by atoms with Crippen molar-refractivity contribution in [2.75, 3.05) is 0 Å². The fourth-order valence-electron chi connectivity index (χ4n) is 9.60. The molecular formula is C55H39N5S. The van der Waals surface area contributed by atoms with Crippen LogP contribution in [0.4, 0.5) is 0 Å². The summed E-state index contributed by atoms with van der Waals surface area (Å²) in [4.78, 5) is 22.2. The molecule has 0 spiro atoms. The molecule has 6 heteroatoms. The highest BCUT2D eigenvalue weighted by Crippen LogP contribution is 2.57. The van der Waals surface area contributed by atoms with E-state index in [9.17, 15) is 0 Å². The quantitative estimate of drug-likeness (QED) is 0.168. The smallest absolute Gasteiger partial charge is 0.238 e. The van der Waals surface area contributed by atoms with Gasteiger partial charge in [0.15, 0.2) is 11.6 Å². The predicted octanol–water partition coefficient (Wildman–Crippen LogP) is 13.5. The van der Waals surface area contributed by atoms with Crippen molar-refractivity contribution < 1.29 is 0 Å². The maximum Gasteiger partial charge on any atom is 0.238 e. The fourth-order valence-corrected chi connectivity index (χ4v) is 11.0. The van der Waals surface area contributed by atoms with Gasteiger partial charge in [0.1, 0.15) is 5.04 Å². The largest absolute Gasteiger partial charge is 0.278 e. The molecule has 1 unspecified atom stereocenters. The zero-order chi connectivity index (χ0) is 40.7. The molecule has 0 N–H and O–H groups in total. The summed E-state index contributed by atoms with van der Waals surface area (Å²) in [6.07, 6.45) is 3.37. The third kappa shape index (κ3) is 5.85. The number of rotatable bonds is 6. The number of aliphatic imine (C=N–C) groups is 1. The van der Waals surface area contributed by atoms with Crippen LogP contribution in [0.2, 0.25) is 0 Å². The van der Waals surface area contributed by atoms with Crippen LogP contribution in [-0.2, 0) is 5.41 Å². The Balaban J connectivity index is 0.935.